The largest absolute Gasteiger partial charge is 0.493 e. The topological polar surface area (TPSA) is 71.1 Å². The summed E-state index contributed by atoms with van der Waals surface area (Å²) in [4.78, 5) is 29.2. The number of amides is 2. The van der Waals surface area contributed by atoms with Crippen molar-refractivity contribution in [2.45, 2.75) is 20.3 Å². The normalized spacial score (nSPS) is 14.2. The van der Waals surface area contributed by atoms with Crippen molar-refractivity contribution < 1.29 is 19.1 Å². The molecule has 2 aromatic rings. The molecular weight excluding hydrogens is 430 g/mol. The molecule has 0 radical (unpaired) electrons. The van der Waals surface area contributed by atoms with E-state index < -0.39 is 0 Å². The summed E-state index contributed by atoms with van der Waals surface area (Å²) >= 11 is 6.36. The Labute approximate surface area is 194 Å². The number of halogens is 1. The lowest BCUT2D eigenvalue weighted by Crippen LogP contribution is -2.50. The van der Waals surface area contributed by atoms with Gasteiger partial charge in [-0.3, -0.25) is 14.5 Å². The maximum absolute atomic E-state index is 13.0. The number of ether oxygens (including phenoxy) is 2. The van der Waals surface area contributed by atoms with E-state index in [4.69, 9.17) is 21.1 Å². The molecule has 1 aliphatic rings. The number of piperazine rings is 1. The first-order valence-corrected chi connectivity index (χ1v) is 11.2. The summed E-state index contributed by atoms with van der Waals surface area (Å²) in [5.41, 5.74) is 2.39. The molecule has 2 amide bonds. The van der Waals surface area contributed by atoms with Crippen LogP contribution in [0, 0.1) is 6.92 Å². The molecule has 0 bridgehead atoms. The molecule has 3 rings (SSSR count). The third kappa shape index (κ3) is 6.14. The van der Waals surface area contributed by atoms with Crippen LogP contribution in [-0.2, 0) is 4.79 Å². The van der Waals surface area contributed by atoms with E-state index in [9.17, 15) is 9.59 Å². The Morgan fingerprint density at radius 2 is 1.78 bits per heavy atom. The molecule has 1 heterocycles. The molecule has 2 aromatic carbocycles. The molecule has 8 heteroatoms. The summed E-state index contributed by atoms with van der Waals surface area (Å²) < 4.78 is 11.0. The van der Waals surface area contributed by atoms with Crippen molar-refractivity contribution in [1.29, 1.82) is 0 Å². The maximum atomic E-state index is 13.0. The fraction of sp³-hybridized carbons (Fsp3) is 0.417. The van der Waals surface area contributed by atoms with Crippen LogP contribution in [0.5, 0.6) is 11.5 Å². The molecule has 0 aromatic heterocycles. The van der Waals surface area contributed by atoms with E-state index in [1.54, 1.807) is 17.0 Å². The number of nitrogens with one attached hydrogen (secondary N) is 1. The van der Waals surface area contributed by atoms with Crippen LogP contribution in [0.2, 0.25) is 5.02 Å². The molecular formula is C24H30ClN3O4. The zero-order chi connectivity index (χ0) is 23.1. The monoisotopic (exact) mass is 459 g/mol. The van der Waals surface area contributed by atoms with Crippen LogP contribution >= 0.6 is 11.6 Å². The van der Waals surface area contributed by atoms with Gasteiger partial charge in [-0.05, 0) is 37.6 Å². The minimum Gasteiger partial charge on any atom is -0.493 e. The second-order valence-electron chi connectivity index (χ2n) is 7.82. The van der Waals surface area contributed by atoms with Crippen molar-refractivity contribution in [3.05, 3.63) is 52.5 Å². The van der Waals surface area contributed by atoms with Crippen molar-refractivity contribution in [2.75, 3.05) is 51.8 Å². The van der Waals surface area contributed by atoms with Crippen molar-refractivity contribution in [2.24, 2.45) is 0 Å². The van der Waals surface area contributed by atoms with E-state index in [1.807, 2.05) is 43.0 Å². The third-order valence-corrected chi connectivity index (χ3v) is 5.57. The summed E-state index contributed by atoms with van der Waals surface area (Å²) in [6, 6.07) is 11.0. The van der Waals surface area contributed by atoms with Crippen molar-refractivity contribution in [1.82, 2.24) is 9.80 Å². The van der Waals surface area contributed by atoms with Crippen LogP contribution in [0.4, 0.5) is 5.69 Å². The van der Waals surface area contributed by atoms with Crippen molar-refractivity contribution in [3.63, 3.8) is 0 Å². The molecule has 0 unspecified atom stereocenters. The molecule has 0 atom stereocenters. The molecule has 0 aliphatic carbocycles. The van der Waals surface area contributed by atoms with Crippen LogP contribution in [0.15, 0.2) is 36.4 Å². The molecule has 7 nitrogen and oxygen atoms in total. The lowest BCUT2D eigenvalue weighted by Gasteiger charge is -2.34. The van der Waals surface area contributed by atoms with Gasteiger partial charge in [0.1, 0.15) is 0 Å². The number of hydrogen-bond donors (Lipinski definition) is 1. The van der Waals surface area contributed by atoms with Gasteiger partial charge in [0, 0.05) is 37.4 Å². The fourth-order valence-corrected chi connectivity index (χ4v) is 3.78. The van der Waals surface area contributed by atoms with Gasteiger partial charge in [0.25, 0.3) is 5.91 Å². The first-order valence-electron chi connectivity index (χ1n) is 10.8. The second kappa shape index (κ2) is 11.2. The summed E-state index contributed by atoms with van der Waals surface area (Å²) in [6.45, 7) is 7.12. The van der Waals surface area contributed by atoms with Gasteiger partial charge < -0.3 is 19.7 Å². The van der Waals surface area contributed by atoms with Crippen LogP contribution in [0.25, 0.3) is 0 Å². The molecule has 32 heavy (non-hydrogen) atoms. The SMILES string of the molecule is CCCOc1c(Cl)cc(C(=O)N2CCN(CC(=O)Nc3ccc(C)cc3)CC2)cc1OC. The molecule has 172 valence electrons. The van der Waals surface area contributed by atoms with Gasteiger partial charge >= 0.3 is 0 Å². The Hall–Kier alpha value is -2.77. The summed E-state index contributed by atoms with van der Waals surface area (Å²) in [5.74, 6) is 0.724. The van der Waals surface area contributed by atoms with Gasteiger partial charge in [0.2, 0.25) is 5.91 Å². The average Bonchev–Trinajstić information content (AvgIpc) is 2.79. The van der Waals surface area contributed by atoms with E-state index in [2.05, 4.69) is 5.32 Å². The van der Waals surface area contributed by atoms with Gasteiger partial charge in [-0.2, -0.15) is 0 Å². The van der Waals surface area contributed by atoms with Gasteiger partial charge in [-0.1, -0.05) is 36.2 Å². The van der Waals surface area contributed by atoms with Crippen LogP contribution in [0.3, 0.4) is 0 Å². The Morgan fingerprint density at radius 1 is 1.09 bits per heavy atom. The van der Waals surface area contributed by atoms with Crippen molar-refractivity contribution in [3.8, 4) is 11.5 Å². The Bertz CT molecular complexity index is 941. The number of aryl methyl sites for hydroxylation is 1. The number of carbonyl (C=O) groups is 2. The second-order valence-corrected chi connectivity index (χ2v) is 8.23. The van der Waals surface area contributed by atoms with E-state index in [-0.39, 0.29) is 11.8 Å². The lowest BCUT2D eigenvalue weighted by atomic mass is 10.1. The lowest BCUT2D eigenvalue weighted by molar-refractivity contribution is -0.117. The highest BCUT2D eigenvalue weighted by Gasteiger charge is 2.25. The molecule has 1 N–H and O–H groups in total. The number of nitrogens with zero attached hydrogens (tertiary/aromatic N) is 2. The van der Waals surface area contributed by atoms with E-state index in [1.165, 1.54) is 7.11 Å². The Morgan fingerprint density at radius 3 is 2.41 bits per heavy atom. The number of anilines is 1. The minimum atomic E-state index is -0.115. The number of carbonyl (C=O) groups excluding carboxylic acids is 2. The van der Waals surface area contributed by atoms with E-state index >= 15 is 0 Å². The Kier molecular flexibility index (Phi) is 8.36. The number of rotatable bonds is 8. The predicted octanol–water partition coefficient (Wildman–Crippen LogP) is 3.84. The van der Waals surface area contributed by atoms with E-state index in [0.717, 1.165) is 17.7 Å². The molecule has 1 aliphatic heterocycles. The van der Waals surface area contributed by atoms with Gasteiger partial charge in [0.05, 0.1) is 25.3 Å². The summed E-state index contributed by atoms with van der Waals surface area (Å²) in [7, 11) is 1.53. The van der Waals surface area contributed by atoms with Gasteiger partial charge in [-0.25, -0.2) is 0 Å². The molecule has 0 spiro atoms. The standard InChI is InChI=1S/C24H30ClN3O4/c1-4-13-32-23-20(25)14-18(15-21(23)31-3)24(30)28-11-9-27(10-12-28)16-22(29)26-19-7-5-17(2)6-8-19/h5-8,14-15H,4,9-13,16H2,1-3H3,(H,26,29). The molecule has 1 saturated heterocycles. The van der Waals surface area contributed by atoms with Gasteiger partial charge in [-0.15, -0.1) is 0 Å². The first kappa shape index (κ1) is 23.9. The molecule has 1 fully saturated rings. The zero-order valence-corrected chi connectivity index (χ0v) is 19.6. The fourth-order valence-electron chi connectivity index (χ4n) is 3.52. The maximum Gasteiger partial charge on any atom is 0.254 e. The van der Waals surface area contributed by atoms with Crippen LogP contribution in [-0.4, -0.2) is 68.1 Å². The van der Waals surface area contributed by atoms with E-state index in [0.29, 0.717) is 61.4 Å². The summed E-state index contributed by atoms with van der Waals surface area (Å²) in [5, 5.41) is 3.27. The quantitative estimate of drug-likeness (QED) is 0.649. The highest BCUT2D eigenvalue weighted by Crippen LogP contribution is 2.37. The third-order valence-electron chi connectivity index (χ3n) is 5.29. The first-order chi connectivity index (χ1) is 15.4. The molecule has 0 saturated carbocycles. The predicted molar refractivity (Wildman–Crippen MR) is 126 cm³/mol. The number of methoxy groups -OCH3 is 1. The zero-order valence-electron chi connectivity index (χ0n) is 18.8. The number of benzene rings is 2. The van der Waals surface area contributed by atoms with Crippen LogP contribution in [0.1, 0.15) is 29.3 Å². The average molecular weight is 460 g/mol. The van der Waals surface area contributed by atoms with Crippen LogP contribution < -0.4 is 14.8 Å². The minimum absolute atomic E-state index is 0.0622. The summed E-state index contributed by atoms with van der Waals surface area (Å²) in [6.07, 6.45) is 0.841. The highest BCUT2D eigenvalue weighted by atomic mass is 35.5. The smallest absolute Gasteiger partial charge is 0.254 e. The highest BCUT2D eigenvalue weighted by molar-refractivity contribution is 6.32. The number of hydrogen-bond acceptors (Lipinski definition) is 5. The Balaban J connectivity index is 1.55. The van der Waals surface area contributed by atoms with Crippen molar-refractivity contribution >= 4 is 29.1 Å². The van der Waals surface area contributed by atoms with Gasteiger partial charge in [0.15, 0.2) is 11.5 Å².